The Morgan fingerprint density at radius 2 is 1.70 bits per heavy atom. The van der Waals surface area contributed by atoms with Crippen molar-refractivity contribution in [3.8, 4) is 0 Å². The van der Waals surface area contributed by atoms with Gasteiger partial charge in [-0.1, -0.05) is 34.1 Å². The van der Waals surface area contributed by atoms with Crippen LogP contribution in [0.5, 0.6) is 0 Å². The van der Waals surface area contributed by atoms with Crippen LogP contribution in [-0.4, -0.2) is 35.6 Å². The van der Waals surface area contributed by atoms with E-state index < -0.39 is 0 Å². The van der Waals surface area contributed by atoms with Crippen LogP contribution in [0.2, 0.25) is 0 Å². The zero-order valence-corrected chi connectivity index (χ0v) is 14.2. The van der Waals surface area contributed by atoms with Crippen LogP contribution < -0.4 is 5.32 Å². The highest BCUT2D eigenvalue weighted by Crippen LogP contribution is 2.32. The molecular weight excluding hydrogens is 244 g/mol. The first kappa shape index (κ1) is 16.3. The molecule has 2 aliphatic heterocycles. The molecule has 2 rings (SSSR count). The van der Waals surface area contributed by atoms with Crippen molar-refractivity contribution < 1.29 is 0 Å². The van der Waals surface area contributed by atoms with Gasteiger partial charge < -0.3 is 5.32 Å². The van der Waals surface area contributed by atoms with Gasteiger partial charge >= 0.3 is 0 Å². The molecular formula is C18H36N2. The van der Waals surface area contributed by atoms with E-state index in [9.17, 15) is 0 Å². The maximum Gasteiger partial charge on any atom is 0.0128 e. The lowest BCUT2D eigenvalue weighted by Crippen LogP contribution is -2.52. The van der Waals surface area contributed by atoms with E-state index in [0.29, 0.717) is 0 Å². The number of nitrogens with one attached hydrogen (secondary N) is 1. The summed E-state index contributed by atoms with van der Waals surface area (Å²) in [7, 11) is 0. The standard InChI is InChI=1S/C18H36N2/c1-5-10-20(17(7-3)11-14(4)6-2)18-12-15-8-9-16(13-18)19-15/h14-19H,5-13H2,1-4H3. The number of hydrogen-bond donors (Lipinski definition) is 1. The van der Waals surface area contributed by atoms with Crippen LogP contribution in [0, 0.1) is 5.92 Å². The first-order valence-electron chi connectivity index (χ1n) is 9.19. The van der Waals surface area contributed by atoms with Crippen LogP contribution in [0.4, 0.5) is 0 Å². The van der Waals surface area contributed by atoms with Gasteiger partial charge in [-0.25, -0.2) is 0 Å². The van der Waals surface area contributed by atoms with Crippen LogP contribution in [0.1, 0.15) is 79.1 Å². The molecule has 0 aromatic rings. The molecule has 0 spiro atoms. The Balaban J connectivity index is 2.00. The van der Waals surface area contributed by atoms with Crippen LogP contribution in [0.15, 0.2) is 0 Å². The fourth-order valence-corrected chi connectivity index (χ4v) is 4.39. The van der Waals surface area contributed by atoms with Gasteiger partial charge in [-0.2, -0.15) is 0 Å². The van der Waals surface area contributed by atoms with Gasteiger partial charge in [0.2, 0.25) is 0 Å². The summed E-state index contributed by atoms with van der Waals surface area (Å²) in [5.74, 6) is 0.873. The van der Waals surface area contributed by atoms with Gasteiger partial charge in [0.25, 0.3) is 0 Å². The minimum atomic E-state index is 0.812. The van der Waals surface area contributed by atoms with Crippen LogP contribution in [-0.2, 0) is 0 Å². The van der Waals surface area contributed by atoms with Gasteiger partial charge in [-0.05, 0) is 57.4 Å². The van der Waals surface area contributed by atoms with Gasteiger partial charge in [0.15, 0.2) is 0 Å². The third kappa shape index (κ3) is 3.98. The van der Waals surface area contributed by atoms with Crippen molar-refractivity contribution in [2.45, 2.75) is 103 Å². The average molecular weight is 280 g/mol. The molecule has 2 heterocycles. The van der Waals surface area contributed by atoms with Crippen molar-refractivity contribution in [3.63, 3.8) is 0 Å². The Bertz CT molecular complexity index is 267. The van der Waals surface area contributed by atoms with E-state index >= 15 is 0 Å². The molecule has 2 aliphatic rings. The van der Waals surface area contributed by atoms with Crippen molar-refractivity contribution in [2.24, 2.45) is 5.92 Å². The molecule has 0 aliphatic carbocycles. The van der Waals surface area contributed by atoms with E-state index in [4.69, 9.17) is 0 Å². The molecule has 118 valence electrons. The van der Waals surface area contributed by atoms with Gasteiger partial charge in [0, 0.05) is 24.2 Å². The zero-order chi connectivity index (χ0) is 14.5. The molecule has 4 unspecified atom stereocenters. The van der Waals surface area contributed by atoms with E-state index in [0.717, 1.165) is 30.1 Å². The Labute approximate surface area is 126 Å². The second kappa shape index (κ2) is 7.79. The fraction of sp³-hybridized carbons (Fsp3) is 1.00. The van der Waals surface area contributed by atoms with Crippen molar-refractivity contribution in [2.75, 3.05) is 6.54 Å². The Kier molecular flexibility index (Phi) is 6.35. The molecule has 0 amide bonds. The molecule has 2 bridgehead atoms. The van der Waals surface area contributed by atoms with E-state index in [-0.39, 0.29) is 0 Å². The van der Waals surface area contributed by atoms with Crippen molar-refractivity contribution in [1.82, 2.24) is 10.2 Å². The van der Waals surface area contributed by atoms with Crippen LogP contribution in [0.25, 0.3) is 0 Å². The maximum absolute atomic E-state index is 3.80. The number of fused-ring (bicyclic) bond motifs is 2. The van der Waals surface area contributed by atoms with Crippen molar-refractivity contribution in [1.29, 1.82) is 0 Å². The third-order valence-corrected chi connectivity index (χ3v) is 5.71. The summed E-state index contributed by atoms with van der Waals surface area (Å²) in [5, 5.41) is 3.80. The highest BCUT2D eigenvalue weighted by atomic mass is 15.2. The lowest BCUT2D eigenvalue weighted by Gasteiger charge is -2.43. The number of rotatable bonds is 8. The predicted molar refractivity (Wildman–Crippen MR) is 88.1 cm³/mol. The first-order valence-corrected chi connectivity index (χ1v) is 9.19. The summed E-state index contributed by atoms with van der Waals surface area (Å²) in [4.78, 5) is 2.90. The third-order valence-electron chi connectivity index (χ3n) is 5.71. The monoisotopic (exact) mass is 280 g/mol. The van der Waals surface area contributed by atoms with Crippen LogP contribution >= 0.6 is 0 Å². The molecule has 20 heavy (non-hydrogen) atoms. The van der Waals surface area contributed by atoms with E-state index in [1.165, 1.54) is 57.9 Å². The molecule has 0 aromatic carbocycles. The first-order chi connectivity index (χ1) is 9.67. The van der Waals surface area contributed by atoms with Gasteiger partial charge in [-0.15, -0.1) is 0 Å². The molecule has 2 nitrogen and oxygen atoms in total. The molecule has 4 atom stereocenters. The minimum Gasteiger partial charge on any atom is -0.311 e. The predicted octanol–water partition coefficient (Wildman–Crippen LogP) is 4.20. The van der Waals surface area contributed by atoms with E-state index in [2.05, 4.69) is 37.9 Å². The van der Waals surface area contributed by atoms with Crippen molar-refractivity contribution >= 4 is 0 Å². The molecule has 2 fully saturated rings. The summed E-state index contributed by atoms with van der Waals surface area (Å²) in [6, 6.07) is 3.30. The number of hydrogen-bond acceptors (Lipinski definition) is 2. The van der Waals surface area contributed by atoms with Gasteiger partial charge in [-0.3, -0.25) is 4.90 Å². The van der Waals surface area contributed by atoms with Gasteiger partial charge in [0.05, 0.1) is 0 Å². The highest BCUT2D eigenvalue weighted by Gasteiger charge is 2.37. The normalized spacial score (nSPS) is 32.5. The quantitative estimate of drug-likeness (QED) is 0.717. The molecule has 0 radical (unpaired) electrons. The zero-order valence-electron chi connectivity index (χ0n) is 14.2. The molecule has 0 saturated carbocycles. The smallest absolute Gasteiger partial charge is 0.0128 e. The second-order valence-corrected chi connectivity index (χ2v) is 7.31. The fourth-order valence-electron chi connectivity index (χ4n) is 4.39. The Morgan fingerprint density at radius 1 is 1.05 bits per heavy atom. The number of nitrogens with zero attached hydrogens (tertiary/aromatic N) is 1. The molecule has 2 heteroatoms. The summed E-state index contributed by atoms with van der Waals surface area (Å²) in [6.07, 6.45) is 11.0. The molecule has 2 saturated heterocycles. The Morgan fingerprint density at radius 3 is 2.20 bits per heavy atom. The molecule has 0 aromatic heterocycles. The van der Waals surface area contributed by atoms with E-state index in [1.54, 1.807) is 0 Å². The van der Waals surface area contributed by atoms with Crippen LogP contribution in [0.3, 0.4) is 0 Å². The summed E-state index contributed by atoms with van der Waals surface area (Å²) >= 11 is 0. The Hall–Kier alpha value is -0.0800. The largest absolute Gasteiger partial charge is 0.311 e. The maximum atomic E-state index is 3.80. The second-order valence-electron chi connectivity index (χ2n) is 7.31. The van der Waals surface area contributed by atoms with Crippen molar-refractivity contribution in [3.05, 3.63) is 0 Å². The average Bonchev–Trinajstić information content (AvgIpc) is 2.80. The lowest BCUT2D eigenvalue weighted by molar-refractivity contribution is 0.0780. The highest BCUT2D eigenvalue weighted by molar-refractivity contribution is 4.96. The number of piperidine rings is 1. The topological polar surface area (TPSA) is 15.3 Å². The summed E-state index contributed by atoms with van der Waals surface area (Å²) in [6.45, 7) is 10.8. The molecule has 1 N–H and O–H groups in total. The minimum absolute atomic E-state index is 0.812. The van der Waals surface area contributed by atoms with E-state index in [1.807, 2.05) is 0 Å². The summed E-state index contributed by atoms with van der Waals surface area (Å²) in [5.41, 5.74) is 0. The lowest BCUT2D eigenvalue weighted by atomic mass is 9.91. The summed E-state index contributed by atoms with van der Waals surface area (Å²) < 4.78 is 0. The SMILES string of the molecule is CCCN(C(CC)CC(C)CC)C1CC2CCC(C1)N2. The van der Waals surface area contributed by atoms with Gasteiger partial charge in [0.1, 0.15) is 0 Å².